The Morgan fingerprint density at radius 2 is 1.43 bits per heavy atom. The molecule has 1 atom stereocenters. The molecular weight excluding hydrogens is 656 g/mol. The zero-order chi connectivity index (χ0) is 37.2. The van der Waals surface area contributed by atoms with Crippen molar-refractivity contribution in [1.29, 1.82) is 0 Å². The number of carboxylic acid groups (broad SMARTS) is 2. The number of nitrogens with zero attached hydrogens (tertiary/aromatic N) is 1. The van der Waals surface area contributed by atoms with Crippen molar-refractivity contribution in [3.63, 3.8) is 0 Å². The van der Waals surface area contributed by atoms with Crippen molar-refractivity contribution in [2.45, 2.75) is 84.7 Å². The number of phenols is 1. The molecule has 1 unspecified atom stereocenters. The van der Waals surface area contributed by atoms with Gasteiger partial charge in [-0.05, 0) is 44.5 Å². The van der Waals surface area contributed by atoms with Crippen LogP contribution in [-0.4, -0.2) is 84.7 Å². The van der Waals surface area contributed by atoms with E-state index in [-0.39, 0.29) is 59.7 Å². The highest BCUT2D eigenvalue weighted by Crippen LogP contribution is 2.37. The largest absolute Gasteiger partial charge is 0.506 e. The van der Waals surface area contributed by atoms with Gasteiger partial charge in [-0.25, -0.2) is 9.59 Å². The van der Waals surface area contributed by atoms with Gasteiger partial charge in [0.25, 0.3) is 11.8 Å². The summed E-state index contributed by atoms with van der Waals surface area (Å²) in [6, 6.07) is 11.3. The van der Waals surface area contributed by atoms with Crippen molar-refractivity contribution in [3.05, 3.63) is 65.2 Å². The number of carbonyl (C=O) groups is 4. The number of ether oxygens (including phenoxy) is 3. The van der Waals surface area contributed by atoms with E-state index in [9.17, 15) is 34.5 Å². The Morgan fingerprint density at radius 1 is 0.804 bits per heavy atom. The molecule has 0 heterocycles. The van der Waals surface area contributed by atoms with Gasteiger partial charge in [0.2, 0.25) is 0 Å². The Hall–Kier alpha value is -4.68. The van der Waals surface area contributed by atoms with Gasteiger partial charge in [-0.1, -0.05) is 82.6 Å². The Bertz CT molecular complexity index is 1580. The number of phenolic OH excluding ortho intramolecular Hbond substituents is 1. The van der Waals surface area contributed by atoms with Gasteiger partial charge in [-0.3, -0.25) is 9.59 Å². The lowest BCUT2D eigenvalue weighted by Crippen LogP contribution is -2.32. The standard InChI is InChI=1S/C39H52N2O10/c1-4-6-7-8-9-10-11-12-15-27(3)50-21-20-49-19-18-40-35(42)26-51-34-25-33(36(43)32-17-14-13-16-31(32)34)37(44)41(5-2)30-23-28(38(45)46)22-29(24-30)39(47)48/h13-14,16-17,22-25,27,43H,4-12,15,18-21,26H2,1-3H3,(H,40,42)(H,45,46)(H,47,48). The third kappa shape index (κ3) is 12.9. The number of carboxylic acids is 2. The second kappa shape index (κ2) is 21.5. The normalized spacial score (nSPS) is 11.7. The van der Waals surface area contributed by atoms with Crippen molar-refractivity contribution in [2.75, 3.05) is 44.4 Å². The third-order valence-corrected chi connectivity index (χ3v) is 8.51. The molecule has 0 aliphatic carbocycles. The Labute approximate surface area is 299 Å². The van der Waals surface area contributed by atoms with Crippen LogP contribution < -0.4 is 15.0 Å². The molecule has 12 heteroatoms. The van der Waals surface area contributed by atoms with Crippen LogP contribution in [0.3, 0.4) is 0 Å². The summed E-state index contributed by atoms with van der Waals surface area (Å²) in [6.45, 7) is 7.03. The minimum absolute atomic E-state index is 0.0244. The van der Waals surface area contributed by atoms with E-state index in [1.165, 1.54) is 63.1 Å². The van der Waals surface area contributed by atoms with E-state index in [1.807, 2.05) is 0 Å². The van der Waals surface area contributed by atoms with Gasteiger partial charge in [0, 0.05) is 29.5 Å². The van der Waals surface area contributed by atoms with Gasteiger partial charge in [-0.15, -0.1) is 0 Å². The lowest BCUT2D eigenvalue weighted by atomic mass is 10.0. The van der Waals surface area contributed by atoms with Crippen LogP contribution in [0.4, 0.5) is 5.69 Å². The maximum atomic E-state index is 13.8. The van der Waals surface area contributed by atoms with Crippen LogP contribution >= 0.6 is 0 Å². The maximum absolute atomic E-state index is 13.8. The summed E-state index contributed by atoms with van der Waals surface area (Å²) in [7, 11) is 0. The molecule has 0 bridgehead atoms. The Morgan fingerprint density at radius 3 is 2.06 bits per heavy atom. The van der Waals surface area contributed by atoms with Gasteiger partial charge in [-0.2, -0.15) is 0 Å². The number of amides is 2. The summed E-state index contributed by atoms with van der Waals surface area (Å²) in [5, 5.41) is 33.6. The van der Waals surface area contributed by atoms with Crippen LogP contribution in [0.25, 0.3) is 10.8 Å². The van der Waals surface area contributed by atoms with Crippen LogP contribution in [-0.2, 0) is 14.3 Å². The van der Waals surface area contributed by atoms with Gasteiger partial charge in [0.1, 0.15) is 11.5 Å². The summed E-state index contributed by atoms with van der Waals surface area (Å²) in [4.78, 5) is 50.9. The summed E-state index contributed by atoms with van der Waals surface area (Å²) in [6.07, 6.45) is 11.5. The minimum atomic E-state index is -1.36. The van der Waals surface area contributed by atoms with E-state index in [0.29, 0.717) is 30.6 Å². The second-order valence-electron chi connectivity index (χ2n) is 12.4. The topological polar surface area (TPSA) is 172 Å². The zero-order valence-electron chi connectivity index (χ0n) is 29.9. The van der Waals surface area contributed by atoms with Gasteiger partial charge in [0.15, 0.2) is 6.61 Å². The number of fused-ring (bicyclic) bond motifs is 1. The van der Waals surface area contributed by atoms with E-state index in [0.717, 1.165) is 23.8 Å². The molecule has 0 aliphatic heterocycles. The SMILES string of the molecule is CCCCCCCCCCC(C)OCCOCCNC(=O)COc1cc(C(=O)N(CC)c2cc(C(=O)O)cc(C(=O)O)c2)c(O)c2ccccc12. The summed E-state index contributed by atoms with van der Waals surface area (Å²) < 4.78 is 17.3. The van der Waals surface area contributed by atoms with E-state index in [1.54, 1.807) is 31.2 Å². The van der Waals surface area contributed by atoms with Gasteiger partial charge in [0.05, 0.1) is 42.6 Å². The molecule has 3 aromatic rings. The van der Waals surface area contributed by atoms with Crippen molar-refractivity contribution in [3.8, 4) is 11.5 Å². The molecule has 12 nitrogen and oxygen atoms in total. The van der Waals surface area contributed by atoms with Gasteiger partial charge >= 0.3 is 11.9 Å². The average molecular weight is 709 g/mol. The lowest BCUT2D eigenvalue weighted by molar-refractivity contribution is -0.123. The minimum Gasteiger partial charge on any atom is -0.506 e. The molecular formula is C39H52N2O10. The molecule has 0 aliphatic rings. The fourth-order valence-electron chi connectivity index (χ4n) is 5.73. The van der Waals surface area contributed by atoms with Crippen LogP contribution in [0, 0.1) is 0 Å². The fraction of sp³-hybridized carbons (Fsp3) is 0.487. The number of nitrogens with one attached hydrogen (secondary N) is 1. The first-order valence-corrected chi connectivity index (χ1v) is 17.8. The highest BCUT2D eigenvalue weighted by molar-refractivity contribution is 6.13. The number of anilines is 1. The number of carbonyl (C=O) groups excluding carboxylic acids is 2. The number of hydrogen-bond acceptors (Lipinski definition) is 8. The predicted molar refractivity (Wildman–Crippen MR) is 195 cm³/mol. The lowest BCUT2D eigenvalue weighted by Gasteiger charge is -2.23. The highest BCUT2D eigenvalue weighted by atomic mass is 16.5. The van der Waals surface area contributed by atoms with E-state index >= 15 is 0 Å². The summed E-state index contributed by atoms with van der Waals surface area (Å²) in [5.74, 6) is -4.04. The van der Waals surface area contributed by atoms with Gasteiger partial charge < -0.3 is 39.7 Å². The van der Waals surface area contributed by atoms with E-state index < -0.39 is 23.8 Å². The fourth-order valence-corrected chi connectivity index (χ4v) is 5.73. The first-order chi connectivity index (χ1) is 24.6. The van der Waals surface area contributed by atoms with Crippen LogP contribution in [0.5, 0.6) is 11.5 Å². The predicted octanol–water partition coefficient (Wildman–Crippen LogP) is 7.06. The molecule has 3 aromatic carbocycles. The average Bonchev–Trinajstić information content (AvgIpc) is 3.12. The molecule has 0 fully saturated rings. The molecule has 3 rings (SSSR count). The maximum Gasteiger partial charge on any atom is 0.335 e. The first kappa shape index (κ1) is 40.7. The zero-order valence-corrected chi connectivity index (χ0v) is 29.9. The number of rotatable bonds is 24. The highest BCUT2D eigenvalue weighted by Gasteiger charge is 2.25. The molecule has 4 N–H and O–H groups in total. The smallest absolute Gasteiger partial charge is 0.335 e. The molecule has 51 heavy (non-hydrogen) atoms. The molecule has 0 saturated carbocycles. The quantitative estimate of drug-likeness (QED) is 0.0707. The second-order valence-corrected chi connectivity index (χ2v) is 12.4. The van der Waals surface area contributed by atoms with Crippen LogP contribution in [0.2, 0.25) is 0 Å². The molecule has 278 valence electrons. The number of hydrogen-bond donors (Lipinski definition) is 4. The van der Waals surface area contributed by atoms with Crippen LogP contribution in [0.1, 0.15) is 110 Å². The third-order valence-electron chi connectivity index (χ3n) is 8.51. The molecule has 0 radical (unpaired) electrons. The Balaban J connectivity index is 1.51. The summed E-state index contributed by atoms with van der Waals surface area (Å²) in [5.41, 5.74) is -0.777. The number of unbranched alkanes of at least 4 members (excludes halogenated alkanes) is 7. The molecule has 0 saturated heterocycles. The monoisotopic (exact) mass is 708 g/mol. The van der Waals surface area contributed by atoms with Crippen LogP contribution in [0.15, 0.2) is 48.5 Å². The van der Waals surface area contributed by atoms with E-state index in [2.05, 4.69) is 19.2 Å². The van der Waals surface area contributed by atoms with Crippen molar-refractivity contribution < 1.29 is 48.7 Å². The Kier molecular flexibility index (Phi) is 17.2. The molecule has 0 aromatic heterocycles. The van der Waals surface area contributed by atoms with E-state index in [4.69, 9.17) is 14.2 Å². The number of aromatic hydroxyl groups is 1. The molecule has 2 amide bonds. The van der Waals surface area contributed by atoms with Crippen molar-refractivity contribution in [1.82, 2.24) is 5.32 Å². The first-order valence-electron chi connectivity index (χ1n) is 17.8. The van der Waals surface area contributed by atoms with Crippen molar-refractivity contribution >= 4 is 40.2 Å². The molecule has 0 spiro atoms. The number of aromatic carboxylic acids is 2. The summed E-state index contributed by atoms with van der Waals surface area (Å²) >= 11 is 0. The van der Waals surface area contributed by atoms with Crippen molar-refractivity contribution in [2.24, 2.45) is 0 Å². The number of benzene rings is 3.